The Hall–Kier alpha value is -6.08. The van der Waals surface area contributed by atoms with E-state index in [9.17, 15) is 29.1 Å². The number of rotatable bonds is 9. The first-order valence-corrected chi connectivity index (χ1v) is 25.0. The number of aromatic nitrogens is 2. The smallest absolute Gasteiger partial charge is 0.324 e. The summed E-state index contributed by atoms with van der Waals surface area (Å²) in [6.07, 6.45) is 6.28. The molecule has 1 aliphatic carbocycles. The number of likely N-dealkylation sites (tertiary alicyclic amines) is 1. The molecule has 372 valence electrons. The second-order valence-corrected chi connectivity index (χ2v) is 20.6. The lowest BCUT2D eigenvalue weighted by Gasteiger charge is -2.39. The molecule has 5 heterocycles. The monoisotopic (exact) mass is 956 g/mol. The zero-order valence-corrected chi connectivity index (χ0v) is 42.0. The summed E-state index contributed by atoms with van der Waals surface area (Å²) in [5.41, 5.74) is 8.40. The van der Waals surface area contributed by atoms with Crippen LogP contribution in [0.25, 0.3) is 33.3 Å². The number of amides is 4. The van der Waals surface area contributed by atoms with Crippen LogP contribution in [-0.4, -0.2) is 123 Å². The Morgan fingerprint density at radius 2 is 1.81 bits per heavy atom. The summed E-state index contributed by atoms with van der Waals surface area (Å²) in [7, 11) is 3.21. The van der Waals surface area contributed by atoms with Gasteiger partial charge in [-0.05, 0) is 111 Å². The van der Waals surface area contributed by atoms with Crippen LogP contribution in [-0.2, 0) is 52.8 Å². The van der Waals surface area contributed by atoms with E-state index in [0.29, 0.717) is 45.2 Å². The second-order valence-electron chi connectivity index (χ2n) is 20.6. The van der Waals surface area contributed by atoms with E-state index in [1.807, 2.05) is 31.2 Å². The fourth-order valence-corrected chi connectivity index (χ4v) is 11.3. The number of carbonyl (C=O) groups excluding carboxylic acids is 5. The number of aliphatic hydroxyl groups is 1. The summed E-state index contributed by atoms with van der Waals surface area (Å²) >= 11 is 0. The zero-order valence-electron chi connectivity index (χ0n) is 42.0. The third-order valence-electron chi connectivity index (χ3n) is 15.1. The largest absolute Gasteiger partial charge is 0.464 e. The van der Waals surface area contributed by atoms with Crippen LogP contribution in [0.3, 0.4) is 0 Å². The Morgan fingerprint density at radius 1 is 1.06 bits per heavy atom. The zero-order chi connectivity index (χ0) is 50.1. The fourth-order valence-electron chi connectivity index (χ4n) is 11.3. The molecule has 4 aliphatic rings. The molecule has 2 saturated heterocycles. The Morgan fingerprint density at radius 3 is 2.54 bits per heavy atom. The molecule has 1 saturated carbocycles. The van der Waals surface area contributed by atoms with E-state index in [0.717, 1.165) is 62.9 Å². The highest BCUT2D eigenvalue weighted by Crippen LogP contribution is 2.42. The quantitative estimate of drug-likeness (QED) is 0.133. The van der Waals surface area contributed by atoms with Crippen LogP contribution >= 0.6 is 0 Å². The molecule has 2 aromatic carbocycles. The van der Waals surface area contributed by atoms with Crippen molar-refractivity contribution in [1.29, 1.82) is 0 Å². The second kappa shape index (κ2) is 20.7. The van der Waals surface area contributed by atoms with Crippen molar-refractivity contribution >= 4 is 40.5 Å². The fraction of sp³-hybridized carbons (Fsp3) is 0.527. The van der Waals surface area contributed by atoms with Crippen LogP contribution in [0.2, 0.25) is 0 Å². The number of hydrogen-bond donors (Lipinski definition) is 3. The molecule has 8 rings (SSSR count). The van der Waals surface area contributed by atoms with Gasteiger partial charge in [-0.15, -0.1) is 0 Å². The average Bonchev–Trinajstić information content (AvgIpc) is 4.08. The Bertz CT molecular complexity index is 2710. The van der Waals surface area contributed by atoms with Crippen molar-refractivity contribution in [3.63, 3.8) is 0 Å². The first kappa shape index (κ1) is 50.3. The van der Waals surface area contributed by atoms with Gasteiger partial charge in [0.05, 0.1) is 30.6 Å². The predicted molar refractivity (Wildman–Crippen MR) is 266 cm³/mol. The van der Waals surface area contributed by atoms with Crippen molar-refractivity contribution in [2.45, 2.75) is 129 Å². The van der Waals surface area contributed by atoms with Crippen molar-refractivity contribution < 1.29 is 38.6 Å². The summed E-state index contributed by atoms with van der Waals surface area (Å²) in [5, 5.41) is 17.6. The van der Waals surface area contributed by atoms with Gasteiger partial charge in [0, 0.05) is 74.2 Å². The maximum Gasteiger partial charge on any atom is 0.324 e. The van der Waals surface area contributed by atoms with Gasteiger partial charge in [-0.2, -0.15) is 0 Å². The van der Waals surface area contributed by atoms with E-state index in [1.165, 1.54) is 21.9 Å². The van der Waals surface area contributed by atoms with Gasteiger partial charge >= 0.3 is 5.97 Å². The predicted octanol–water partition coefficient (Wildman–Crippen LogP) is 6.00. The summed E-state index contributed by atoms with van der Waals surface area (Å²) in [6.45, 7) is 12.6. The normalized spacial score (nSPS) is 23.8. The van der Waals surface area contributed by atoms with Crippen molar-refractivity contribution in [3.05, 3.63) is 77.6 Å². The molecule has 15 nitrogen and oxygen atoms in total. The summed E-state index contributed by atoms with van der Waals surface area (Å²) in [4.78, 5) is 78.7. The molecule has 0 spiro atoms. The number of β-amino-alcohol motifs (C(OH)–C–C–N with tert-alkyl or cyclic N) is 1. The van der Waals surface area contributed by atoms with Crippen molar-refractivity contribution in [1.82, 2.24) is 35.1 Å². The maximum absolute atomic E-state index is 15.0. The molecular formula is C55H69N7O8. The number of hydrazine groups is 1. The number of fused-ring (bicyclic) bond motifs is 6. The number of hydrogen-bond acceptors (Lipinski definition) is 10. The number of aryl methyl sites for hydroxylation is 1. The van der Waals surface area contributed by atoms with Crippen LogP contribution in [0.15, 0.2) is 60.8 Å². The molecular weight excluding hydrogens is 887 g/mol. The highest BCUT2D eigenvalue weighted by Gasteiger charge is 2.53. The van der Waals surface area contributed by atoms with Crippen molar-refractivity contribution in [2.24, 2.45) is 17.3 Å². The van der Waals surface area contributed by atoms with Crippen LogP contribution in [0.4, 0.5) is 0 Å². The van der Waals surface area contributed by atoms with Gasteiger partial charge < -0.3 is 34.3 Å². The number of benzene rings is 2. The number of ether oxygens (including phenoxy) is 2. The molecule has 4 amide bonds. The van der Waals surface area contributed by atoms with Crippen molar-refractivity contribution in [3.8, 4) is 34.2 Å². The molecule has 4 aromatic rings. The van der Waals surface area contributed by atoms with Crippen molar-refractivity contribution in [2.75, 3.05) is 40.4 Å². The number of likely N-dealkylation sites (N-methyl/N-ethyl adjacent to an activating group) is 1. The molecule has 6 bridgehead atoms. The van der Waals surface area contributed by atoms with Gasteiger partial charge in [0.1, 0.15) is 18.1 Å². The number of cyclic esters (lactones) is 1. The molecule has 0 unspecified atom stereocenters. The maximum atomic E-state index is 15.0. The molecule has 15 heteroatoms. The van der Waals surface area contributed by atoms with E-state index < -0.39 is 64.7 Å². The lowest BCUT2D eigenvalue weighted by molar-refractivity contribution is -0.159. The van der Waals surface area contributed by atoms with Gasteiger partial charge in [0.2, 0.25) is 5.91 Å². The Balaban J connectivity index is 1.19. The number of pyridine rings is 1. The molecule has 2 aromatic heterocycles. The molecule has 0 radical (unpaired) electrons. The lowest BCUT2D eigenvalue weighted by atomic mass is 9.84. The molecule has 3 aliphatic heterocycles. The van der Waals surface area contributed by atoms with E-state index in [1.54, 1.807) is 27.2 Å². The SMILES string of the molecule is CC#CC(=O)N1C[C@H](C)[C@](O)(C(=O)N(C)[C@H](C(=O)N[C@H]2Cc3cccc(c3)-c3ccc4c(c3)c(c(-c3cccnc3[C@H](C)OC)n4CC)CC(C)(C)COC(=O)[C@@H]3CCCN(N3)C2=O)C2CCCC2)C1. The van der Waals surface area contributed by atoms with Crippen LogP contribution in [0, 0.1) is 29.1 Å². The van der Waals surface area contributed by atoms with Crippen LogP contribution in [0.1, 0.15) is 103 Å². The third kappa shape index (κ3) is 9.96. The number of nitrogens with zero attached hydrogens (tertiary/aromatic N) is 5. The highest BCUT2D eigenvalue weighted by atomic mass is 16.5. The van der Waals surface area contributed by atoms with E-state index in [2.05, 4.69) is 78.3 Å². The minimum Gasteiger partial charge on any atom is -0.464 e. The standard InChI is InChI=1S/C55H69N7O8/c1-9-16-46(63)60-31-34(3)55(68,32-60)53(67)59(7)48(37-18-11-12-19-37)50(64)57-44-28-36-17-13-20-38(27-36)39-23-24-45-41(29-39)42(49(61(45)10-2)40-21-14-25-56-47(40)35(4)69-8)30-54(5,6)33-70-52(66)43-22-15-26-62(58-43)51(44)65/h13-14,17,20-21,23-25,27,29,34-35,37,43-44,48,58,68H,10-12,15,18-19,22,26,28,30-33H2,1-8H3,(H,57,64)/t34-,35-,43-,44-,48-,55-/m0/s1. The van der Waals surface area contributed by atoms with Gasteiger partial charge in [-0.3, -0.25) is 34.0 Å². The van der Waals surface area contributed by atoms with Crippen LogP contribution in [0.5, 0.6) is 0 Å². The topological polar surface area (TPSA) is 176 Å². The average molecular weight is 956 g/mol. The van der Waals surface area contributed by atoms with Gasteiger partial charge in [0.15, 0.2) is 5.60 Å². The minimum absolute atomic E-state index is 0.108. The Kier molecular flexibility index (Phi) is 14.9. The molecule has 70 heavy (non-hydrogen) atoms. The molecule has 6 atom stereocenters. The summed E-state index contributed by atoms with van der Waals surface area (Å²) < 4.78 is 14.3. The lowest BCUT2D eigenvalue weighted by Crippen LogP contribution is -2.63. The van der Waals surface area contributed by atoms with Crippen LogP contribution < -0.4 is 10.7 Å². The molecule has 3 fully saturated rings. The van der Waals surface area contributed by atoms with Gasteiger partial charge in [-0.25, -0.2) is 5.43 Å². The first-order valence-electron chi connectivity index (χ1n) is 25.0. The number of esters is 1. The highest BCUT2D eigenvalue weighted by molar-refractivity contribution is 5.98. The number of methoxy groups -OCH3 is 1. The van der Waals surface area contributed by atoms with Gasteiger partial charge in [-0.1, -0.05) is 69.9 Å². The van der Waals surface area contributed by atoms with E-state index in [-0.39, 0.29) is 38.1 Å². The number of carbonyl (C=O) groups is 5. The number of nitrogens with one attached hydrogen (secondary N) is 2. The summed E-state index contributed by atoms with van der Waals surface area (Å²) in [5.74, 6) is 1.69. The van der Waals surface area contributed by atoms with E-state index >= 15 is 0 Å². The third-order valence-corrected chi connectivity index (χ3v) is 15.1. The first-order chi connectivity index (χ1) is 33.5. The van der Waals surface area contributed by atoms with Gasteiger partial charge in [0.25, 0.3) is 17.7 Å². The summed E-state index contributed by atoms with van der Waals surface area (Å²) in [6, 6.07) is 15.6. The molecule has 3 N–H and O–H groups in total. The van der Waals surface area contributed by atoms with E-state index in [4.69, 9.17) is 14.5 Å². The Labute approximate surface area is 411 Å². The minimum atomic E-state index is -1.95.